The second kappa shape index (κ2) is 8.38. The second-order valence-electron chi connectivity index (χ2n) is 8.64. The van der Waals surface area contributed by atoms with Gasteiger partial charge in [-0.3, -0.25) is 20.2 Å². The number of carboxylic acid groups (broad SMARTS) is 1. The highest BCUT2D eigenvalue weighted by Gasteiger charge is 2.27. The van der Waals surface area contributed by atoms with Crippen LogP contribution in [0.1, 0.15) is 22.5 Å². The molecule has 2 unspecified atom stereocenters. The number of H-pyrrole nitrogens is 1. The Kier molecular flexibility index (Phi) is 5.39. The monoisotopic (exact) mass is 445 g/mol. The molecular weight excluding hydrogens is 418 g/mol. The molecule has 170 valence electrons. The van der Waals surface area contributed by atoms with E-state index in [1.165, 1.54) is 38.8 Å². The first-order chi connectivity index (χ1) is 15.9. The number of primary amides is 1. The Balaban J connectivity index is 0.000000139. The summed E-state index contributed by atoms with van der Waals surface area (Å²) in [7, 11) is 2.03. The summed E-state index contributed by atoms with van der Waals surface area (Å²) >= 11 is 0. The maximum absolute atomic E-state index is 11.2. The average Bonchev–Trinajstić information content (AvgIpc) is 3.34. The Hall–Kier alpha value is -3.62. The number of para-hydroxylation sites is 2. The minimum absolute atomic E-state index is 0.244. The lowest BCUT2D eigenvalue weighted by molar-refractivity contribution is -0.139. The Morgan fingerprint density at radius 1 is 0.939 bits per heavy atom. The van der Waals surface area contributed by atoms with Crippen LogP contribution in [-0.2, 0) is 42.6 Å². The highest BCUT2D eigenvalue weighted by atomic mass is 16.4. The Morgan fingerprint density at radius 3 is 2.36 bits per heavy atom. The van der Waals surface area contributed by atoms with Crippen LogP contribution in [0.2, 0.25) is 0 Å². The molecule has 4 aromatic rings. The number of aliphatic carboxylic acids is 1. The van der Waals surface area contributed by atoms with Gasteiger partial charge < -0.3 is 20.4 Å². The van der Waals surface area contributed by atoms with Crippen LogP contribution in [0, 0.1) is 0 Å². The van der Waals surface area contributed by atoms with Crippen LogP contribution in [-0.4, -0.2) is 38.6 Å². The van der Waals surface area contributed by atoms with E-state index in [1.807, 2.05) is 37.4 Å². The van der Waals surface area contributed by atoms with Gasteiger partial charge in [-0.15, -0.1) is 0 Å². The molecule has 0 aliphatic carbocycles. The molecule has 2 aromatic heterocycles. The van der Waals surface area contributed by atoms with Gasteiger partial charge in [0.25, 0.3) is 0 Å². The van der Waals surface area contributed by atoms with E-state index in [1.54, 1.807) is 0 Å². The number of aryl methyl sites for hydroxylation is 1. The highest BCUT2D eigenvalue weighted by Crippen LogP contribution is 2.29. The summed E-state index contributed by atoms with van der Waals surface area (Å²) in [6.07, 6.45) is 1.24. The fraction of sp³-hybridized carbons (Fsp3) is 0.280. The maximum atomic E-state index is 11.2. The first kappa shape index (κ1) is 21.2. The van der Waals surface area contributed by atoms with Crippen molar-refractivity contribution < 1.29 is 14.7 Å². The summed E-state index contributed by atoms with van der Waals surface area (Å²) in [6.45, 7) is 1.30. The molecule has 8 nitrogen and oxygen atoms in total. The number of nitrogens with one attached hydrogen (secondary N) is 3. The molecule has 4 heterocycles. The topological polar surface area (TPSA) is 125 Å². The van der Waals surface area contributed by atoms with Gasteiger partial charge in [0, 0.05) is 59.8 Å². The van der Waals surface area contributed by atoms with Crippen LogP contribution in [0.15, 0.2) is 48.5 Å². The van der Waals surface area contributed by atoms with E-state index in [9.17, 15) is 9.59 Å². The summed E-state index contributed by atoms with van der Waals surface area (Å²) in [5.41, 5.74) is 12.4. The molecule has 0 fully saturated rings. The van der Waals surface area contributed by atoms with Gasteiger partial charge in [-0.25, -0.2) is 0 Å². The van der Waals surface area contributed by atoms with Crippen LogP contribution in [0.25, 0.3) is 21.8 Å². The van der Waals surface area contributed by atoms with Crippen LogP contribution < -0.4 is 16.4 Å². The lowest BCUT2D eigenvalue weighted by Gasteiger charge is -2.21. The fourth-order valence-corrected chi connectivity index (χ4v) is 4.99. The summed E-state index contributed by atoms with van der Waals surface area (Å²) in [5.74, 6) is -1.06. The van der Waals surface area contributed by atoms with Crippen LogP contribution in [0.4, 0.5) is 0 Å². The molecule has 0 spiro atoms. The summed E-state index contributed by atoms with van der Waals surface area (Å²) < 4.78 is 2.15. The standard InChI is InChI=1S/C13H14N2O2.C12H13N3O/c1-15-11-5-3-2-4-8(11)9-6-10(13(16)17)14-7-12(9)15;13-12(16)10-5-8-7-3-1-2-4-9(7)15-11(8)6-14-10/h2-5,10,14H,6-7H2,1H3,(H,16,17);1-4,10,14-15H,5-6H2,(H2,13,16). The largest absolute Gasteiger partial charge is 0.480 e. The number of nitrogens with zero attached hydrogens (tertiary/aromatic N) is 1. The number of benzene rings is 2. The van der Waals surface area contributed by atoms with Gasteiger partial charge in [0.15, 0.2) is 0 Å². The van der Waals surface area contributed by atoms with Crippen molar-refractivity contribution in [3.05, 3.63) is 71.0 Å². The Labute approximate surface area is 190 Å². The van der Waals surface area contributed by atoms with Gasteiger partial charge in [-0.1, -0.05) is 36.4 Å². The summed E-state index contributed by atoms with van der Waals surface area (Å²) in [6, 6.07) is 15.6. The van der Waals surface area contributed by atoms with Gasteiger partial charge in [0.2, 0.25) is 5.91 Å². The second-order valence-corrected chi connectivity index (χ2v) is 8.64. The number of amides is 1. The lowest BCUT2D eigenvalue weighted by atomic mass is 9.98. The van der Waals surface area contributed by atoms with Gasteiger partial charge in [-0.05, 0) is 29.7 Å². The minimum atomic E-state index is -0.774. The van der Waals surface area contributed by atoms with E-state index in [2.05, 4.69) is 38.4 Å². The van der Waals surface area contributed by atoms with Crippen LogP contribution in [0.3, 0.4) is 0 Å². The van der Waals surface area contributed by atoms with E-state index >= 15 is 0 Å². The van der Waals surface area contributed by atoms with Gasteiger partial charge in [0.05, 0.1) is 6.04 Å². The number of nitrogens with two attached hydrogens (primary N) is 1. The average molecular weight is 446 g/mol. The normalized spacial score (nSPS) is 19.4. The predicted molar refractivity (Wildman–Crippen MR) is 127 cm³/mol. The first-order valence-corrected chi connectivity index (χ1v) is 11.1. The third kappa shape index (κ3) is 3.77. The summed E-state index contributed by atoms with van der Waals surface area (Å²) in [5, 5.41) is 17.6. The van der Waals surface area contributed by atoms with Crippen molar-refractivity contribution in [1.82, 2.24) is 20.2 Å². The number of hydrogen-bond acceptors (Lipinski definition) is 4. The number of aromatic nitrogens is 2. The number of carbonyl (C=O) groups excluding carboxylic acids is 1. The number of aromatic amines is 1. The van der Waals surface area contributed by atoms with E-state index < -0.39 is 12.0 Å². The fourth-order valence-electron chi connectivity index (χ4n) is 4.99. The van der Waals surface area contributed by atoms with Crippen molar-refractivity contribution in [1.29, 1.82) is 0 Å². The molecule has 0 radical (unpaired) electrons. The quantitative estimate of drug-likeness (QED) is 0.323. The molecule has 2 aliphatic rings. The van der Waals surface area contributed by atoms with Gasteiger partial charge in [-0.2, -0.15) is 0 Å². The third-order valence-electron chi connectivity index (χ3n) is 6.74. The van der Waals surface area contributed by atoms with E-state index in [0.717, 1.165) is 5.52 Å². The molecule has 2 atom stereocenters. The number of carbonyl (C=O) groups is 2. The molecule has 0 bridgehead atoms. The van der Waals surface area contributed by atoms with Crippen molar-refractivity contribution >= 4 is 33.7 Å². The number of hydrogen-bond donors (Lipinski definition) is 5. The SMILES string of the molecule is Cn1c2c(c3ccccc31)CC(C(=O)O)NC2.NC(=O)C1Cc2c([nH]c3ccccc23)CN1. The summed E-state index contributed by atoms with van der Waals surface area (Å²) in [4.78, 5) is 25.6. The smallest absolute Gasteiger partial charge is 0.321 e. The highest BCUT2D eigenvalue weighted by molar-refractivity contribution is 5.88. The number of carboxylic acids is 1. The number of rotatable bonds is 2. The Bertz CT molecular complexity index is 1370. The molecule has 6 rings (SSSR count). The van der Waals surface area contributed by atoms with Crippen molar-refractivity contribution in [3.63, 3.8) is 0 Å². The lowest BCUT2D eigenvalue weighted by Crippen LogP contribution is -2.45. The molecular formula is C25H27N5O3. The molecule has 0 saturated carbocycles. The van der Waals surface area contributed by atoms with Crippen LogP contribution >= 0.6 is 0 Å². The zero-order valence-electron chi connectivity index (χ0n) is 18.4. The molecule has 1 amide bonds. The van der Waals surface area contributed by atoms with Crippen molar-refractivity contribution in [2.75, 3.05) is 0 Å². The van der Waals surface area contributed by atoms with E-state index in [-0.39, 0.29) is 11.9 Å². The predicted octanol–water partition coefficient (Wildman–Crippen LogP) is 1.94. The first-order valence-electron chi connectivity index (χ1n) is 11.1. The molecule has 6 N–H and O–H groups in total. The molecule has 2 aliphatic heterocycles. The molecule has 8 heteroatoms. The number of fused-ring (bicyclic) bond motifs is 6. The zero-order valence-corrected chi connectivity index (χ0v) is 18.4. The van der Waals surface area contributed by atoms with Crippen molar-refractivity contribution in [2.24, 2.45) is 12.8 Å². The minimum Gasteiger partial charge on any atom is -0.480 e. The van der Waals surface area contributed by atoms with E-state index in [0.29, 0.717) is 25.9 Å². The van der Waals surface area contributed by atoms with Gasteiger partial charge >= 0.3 is 5.97 Å². The molecule has 0 saturated heterocycles. The van der Waals surface area contributed by atoms with Crippen molar-refractivity contribution in [3.8, 4) is 0 Å². The zero-order chi connectivity index (χ0) is 23.1. The third-order valence-corrected chi connectivity index (χ3v) is 6.74. The molecule has 2 aromatic carbocycles. The van der Waals surface area contributed by atoms with Crippen LogP contribution in [0.5, 0.6) is 0 Å². The van der Waals surface area contributed by atoms with E-state index in [4.69, 9.17) is 10.8 Å². The Morgan fingerprint density at radius 2 is 1.61 bits per heavy atom. The maximum Gasteiger partial charge on any atom is 0.321 e. The van der Waals surface area contributed by atoms with Crippen molar-refractivity contribution in [2.45, 2.75) is 38.0 Å². The van der Waals surface area contributed by atoms with Gasteiger partial charge in [0.1, 0.15) is 6.04 Å². The molecule has 33 heavy (non-hydrogen) atoms.